The van der Waals surface area contributed by atoms with E-state index in [2.05, 4.69) is 59.2 Å². The lowest BCUT2D eigenvalue weighted by Gasteiger charge is -2.29. The Morgan fingerprint density at radius 1 is 1.05 bits per heavy atom. The van der Waals surface area contributed by atoms with Gasteiger partial charge >= 0.3 is 0 Å². The maximum atomic E-state index is 12.4. The van der Waals surface area contributed by atoms with Crippen molar-refractivity contribution in [3.63, 3.8) is 0 Å². The molecular formula is C30H51BrN4O3. The number of hydrogen-bond acceptors (Lipinski definition) is 4. The molecule has 1 aliphatic rings. The molecular weight excluding hydrogens is 544 g/mol. The maximum Gasteiger partial charge on any atom is 0.246 e. The molecule has 8 heteroatoms. The Morgan fingerprint density at radius 3 is 2.05 bits per heavy atom. The first-order valence-electron chi connectivity index (χ1n) is 13.9. The maximum absolute atomic E-state index is 12.4. The van der Waals surface area contributed by atoms with Crippen molar-refractivity contribution in [1.29, 1.82) is 0 Å². The van der Waals surface area contributed by atoms with Crippen molar-refractivity contribution in [2.24, 2.45) is 5.92 Å². The van der Waals surface area contributed by atoms with Crippen molar-refractivity contribution in [2.75, 3.05) is 26.7 Å². The number of likely N-dealkylation sites (N-methyl/N-ethyl adjacent to an activating group) is 1. The van der Waals surface area contributed by atoms with Gasteiger partial charge in [-0.3, -0.25) is 14.4 Å². The molecule has 1 aliphatic heterocycles. The number of hydrogen-bond donors (Lipinski definition) is 2. The summed E-state index contributed by atoms with van der Waals surface area (Å²) in [5, 5.41) is 5.25. The third-order valence-electron chi connectivity index (χ3n) is 6.13. The normalized spacial score (nSPS) is 14.4. The number of carbonyl (C=O) groups excluding carboxylic acids is 3. The number of benzene rings is 1. The van der Waals surface area contributed by atoms with Crippen LogP contribution >= 0.6 is 15.9 Å². The summed E-state index contributed by atoms with van der Waals surface area (Å²) in [6.45, 7) is 17.5. The molecule has 0 saturated carbocycles. The fourth-order valence-corrected chi connectivity index (χ4v) is 4.13. The third kappa shape index (κ3) is 15.3. The van der Waals surface area contributed by atoms with Crippen LogP contribution in [-0.4, -0.2) is 66.8 Å². The van der Waals surface area contributed by atoms with Crippen LogP contribution in [0.25, 0.3) is 0 Å². The molecule has 1 aromatic carbocycles. The van der Waals surface area contributed by atoms with Crippen LogP contribution in [0.2, 0.25) is 0 Å². The summed E-state index contributed by atoms with van der Waals surface area (Å²) in [6, 6.07) is 8.25. The summed E-state index contributed by atoms with van der Waals surface area (Å²) >= 11 is 3.38. The number of halogens is 1. The summed E-state index contributed by atoms with van der Waals surface area (Å²) in [6.07, 6.45) is 7.81. The lowest BCUT2D eigenvalue weighted by molar-refractivity contribution is -0.132. The first-order chi connectivity index (χ1) is 18.0. The standard InChI is InChI=1S/C19H26BrN3O3.C8H17N.C3H8/c1-13(2)17(23(4)18(25)11-21-12-24)9-14(3)19(26)22-10-15-5-7-16(20)8-6-15;1-8(2)9-6-4-3-5-7-9;1-3-2/h5-9,12-13,17H,10-11H2,1-4H3,(H,21,24)(H,22,26);8H,3-7H2,1-2H3;3H2,1-2H3/b14-9+;;/t17-;;/m1../s1. The second-order valence-electron chi connectivity index (χ2n) is 10.3. The molecule has 1 heterocycles. The lowest BCUT2D eigenvalue weighted by atomic mass is 9.99. The Labute approximate surface area is 239 Å². The van der Waals surface area contributed by atoms with E-state index in [9.17, 15) is 14.4 Å². The number of carbonyl (C=O) groups is 3. The quantitative estimate of drug-likeness (QED) is 0.275. The molecule has 1 atom stereocenters. The molecule has 0 spiro atoms. The highest BCUT2D eigenvalue weighted by Gasteiger charge is 2.22. The average molecular weight is 596 g/mol. The Morgan fingerprint density at radius 2 is 1.61 bits per heavy atom. The van der Waals surface area contributed by atoms with Crippen LogP contribution in [0.4, 0.5) is 0 Å². The van der Waals surface area contributed by atoms with Gasteiger partial charge in [0.2, 0.25) is 18.2 Å². The smallest absolute Gasteiger partial charge is 0.246 e. The second-order valence-corrected chi connectivity index (χ2v) is 11.2. The van der Waals surface area contributed by atoms with E-state index in [0.717, 1.165) is 16.1 Å². The minimum atomic E-state index is -0.241. The minimum Gasteiger partial charge on any atom is -0.350 e. The van der Waals surface area contributed by atoms with Crippen molar-refractivity contribution in [1.82, 2.24) is 20.4 Å². The first kappa shape index (κ1) is 35.8. The second kappa shape index (κ2) is 20.7. The van der Waals surface area contributed by atoms with E-state index < -0.39 is 0 Å². The highest BCUT2D eigenvalue weighted by Crippen LogP contribution is 2.14. The van der Waals surface area contributed by atoms with Crippen LogP contribution in [0.3, 0.4) is 0 Å². The van der Waals surface area contributed by atoms with Gasteiger partial charge in [0.05, 0.1) is 12.6 Å². The van der Waals surface area contributed by atoms with Crippen molar-refractivity contribution in [3.05, 3.63) is 46.0 Å². The van der Waals surface area contributed by atoms with Crippen molar-refractivity contribution < 1.29 is 14.4 Å². The van der Waals surface area contributed by atoms with Crippen LogP contribution < -0.4 is 10.6 Å². The summed E-state index contributed by atoms with van der Waals surface area (Å²) in [7, 11) is 1.67. The average Bonchev–Trinajstić information content (AvgIpc) is 2.90. The van der Waals surface area contributed by atoms with Gasteiger partial charge in [-0.1, -0.05) is 74.7 Å². The van der Waals surface area contributed by atoms with Gasteiger partial charge in [-0.25, -0.2) is 0 Å². The Bertz CT molecular complexity index is 834. The summed E-state index contributed by atoms with van der Waals surface area (Å²) in [5.74, 6) is -0.269. The third-order valence-corrected chi connectivity index (χ3v) is 6.66. The van der Waals surface area contributed by atoms with E-state index in [-0.39, 0.29) is 30.3 Å². The molecule has 0 aliphatic carbocycles. The Kier molecular flexibility index (Phi) is 19.5. The van der Waals surface area contributed by atoms with Gasteiger partial charge in [-0.05, 0) is 70.3 Å². The Balaban J connectivity index is 0.000000938. The number of amides is 3. The molecule has 38 heavy (non-hydrogen) atoms. The van der Waals surface area contributed by atoms with Gasteiger partial charge in [-0.15, -0.1) is 0 Å². The fraction of sp³-hybridized carbons (Fsp3) is 0.633. The van der Waals surface area contributed by atoms with Crippen LogP contribution in [0.5, 0.6) is 0 Å². The minimum absolute atomic E-state index is 0.0636. The van der Waals surface area contributed by atoms with Crippen LogP contribution in [0.1, 0.15) is 79.7 Å². The van der Waals surface area contributed by atoms with Crippen LogP contribution in [0, 0.1) is 5.92 Å². The zero-order chi connectivity index (χ0) is 29.1. The van der Waals surface area contributed by atoms with Gasteiger partial charge in [0.1, 0.15) is 0 Å². The molecule has 2 rings (SSSR count). The highest BCUT2D eigenvalue weighted by molar-refractivity contribution is 9.10. The molecule has 7 nitrogen and oxygen atoms in total. The Hall–Kier alpha value is -2.19. The molecule has 1 saturated heterocycles. The predicted molar refractivity (Wildman–Crippen MR) is 162 cm³/mol. The van der Waals surface area contributed by atoms with E-state index >= 15 is 0 Å². The van der Waals surface area contributed by atoms with Crippen molar-refractivity contribution in [2.45, 2.75) is 92.8 Å². The molecule has 0 radical (unpaired) electrons. The van der Waals surface area contributed by atoms with Gasteiger partial charge in [0.15, 0.2) is 0 Å². The number of nitrogens with one attached hydrogen (secondary N) is 2. The van der Waals surface area contributed by atoms with Gasteiger partial charge in [0.25, 0.3) is 0 Å². The van der Waals surface area contributed by atoms with Crippen LogP contribution in [-0.2, 0) is 20.9 Å². The van der Waals surface area contributed by atoms with E-state index in [1.165, 1.54) is 38.8 Å². The van der Waals surface area contributed by atoms with Gasteiger partial charge in [0, 0.05) is 29.7 Å². The molecule has 0 unspecified atom stereocenters. The molecule has 216 valence electrons. The summed E-state index contributed by atoms with van der Waals surface area (Å²) < 4.78 is 0.986. The predicted octanol–water partition coefficient (Wildman–Crippen LogP) is 5.54. The highest BCUT2D eigenvalue weighted by atomic mass is 79.9. The summed E-state index contributed by atoms with van der Waals surface area (Å²) in [5.41, 5.74) is 1.55. The lowest BCUT2D eigenvalue weighted by Crippen LogP contribution is -2.43. The molecule has 3 amide bonds. The number of nitrogens with zero attached hydrogens (tertiary/aromatic N) is 2. The largest absolute Gasteiger partial charge is 0.350 e. The van der Waals surface area contributed by atoms with Crippen molar-refractivity contribution in [3.8, 4) is 0 Å². The van der Waals surface area contributed by atoms with Crippen molar-refractivity contribution >= 4 is 34.2 Å². The van der Waals surface area contributed by atoms with E-state index in [1.54, 1.807) is 24.9 Å². The molecule has 0 bridgehead atoms. The molecule has 0 aromatic heterocycles. The number of likely N-dealkylation sites (tertiary alicyclic amines) is 1. The molecule has 1 aromatic rings. The SMILES string of the molecule is C/C(=C\[C@H](C(C)C)N(C)C(=O)CNC=O)C(=O)NCc1ccc(Br)cc1.CC(C)N1CCCCC1.CCC. The zero-order valence-corrected chi connectivity index (χ0v) is 26.4. The van der Waals surface area contributed by atoms with E-state index in [1.807, 2.05) is 38.1 Å². The zero-order valence-electron chi connectivity index (χ0n) is 24.9. The fourth-order valence-electron chi connectivity index (χ4n) is 3.86. The van der Waals surface area contributed by atoms with Crippen LogP contribution in [0.15, 0.2) is 40.4 Å². The number of piperidine rings is 1. The van der Waals surface area contributed by atoms with Gasteiger partial charge in [-0.2, -0.15) is 0 Å². The molecule has 1 fully saturated rings. The summed E-state index contributed by atoms with van der Waals surface area (Å²) in [4.78, 5) is 38.9. The van der Waals surface area contributed by atoms with E-state index in [0.29, 0.717) is 18.5 Å². The monoisotopic (exact) mass is 594 g/mol. The molecule has 2 N–H and O–H groups in total. The van der Waals surface area contributed by atoms with E-state index in [4.69, 9.17) is 0 Å². The topological polar surface area (TPSA) is 81.8 Å². The number of rotatable bonds is 10. The van der Waals surface area contributed by atoms with Gasteiger partial charge < -0.3 is 20.4 Å². The first-order valence-corrected chi connectivity index (χ1v) is 14.6.